The third-order valence-electron chi connectivity index (χ3n) is 4.24. The van der Waals surface area contributed by atoms with Crippen LogP contribution < -0.4 is 10.6 Å². The van der Waals surface area contributed by atoms with Crippen molar-refractivity contribution in [2.45, 2.75) is 39.2 Å². The third kappa shape index (κ3) is 4.05. The summed E-state index contributed by atoms with van der Waals surface area (Å²) >= 11 is 0. The Hall–Kier alpha value is -1.39. The zero-order valence-electron chi connectivity index (χ0n) is 13.2. The predicted octanol–water partition coefficient (Wildman–Crippen LogP) is 2.59. The normalized spacial score (nSPS) is 21.0. The van der Waals surface area contributed by atoms with Gasteiger partial charge in [0.2, 0.25) is 5.91 Å². The number of hydrogen-bond acceptors (Lipinski definition) is 3. The van der Waals surface area contributed by atoms with E-state index < -0.39 is 0 Å². The number of piperidine rings is 1. The molecule has 1 amide bonds. The quantitative estimate of drug-likeness (QED) is 0.876. The van der Waals surface area contributed by atoms with Crippen LogP contribution in [-0.4, -0.2) is 32.2 Å². The summed E-state index contributed by atoms with van der Waals surface area (Å²) in [5.41, 5.74) is 1.99. The first kappa shape index (κ1) is 16.0. The van der Waals surface area contributed by atoms with Crippen LogP contribution in [-0.2, 0) is 16.0 Å². The molecule has 0 saturated carbocycles. The molecule has 2 rings (SSSR count). The SMILES string of the molecule is COCCc1ccccc1NC(=O)C1NCCCC1(C)C. The monoisotopic (exact) mass is 290 g/mol. The van der Waals surface area contributed by atoms with Crippen LogP contribution in [0.15, 0.2) is 24.3 Å². The molecule has 4 heteroatoms. The number of carbonyl (C=O) groups excluding carboxylic acids is 1. The van der Waals surface area contributed by atoms with Crippen LogP contribution in [0.5, 0.6) is 0 Å². The van der Waals surface area contributed by atoms with Crippen molar-refractivity contribution >= 4 is 11.6 Å². The van der Waals surface area contributed by atoms with Crippen LogP contribution in [0.1, 0.15) is 32.3 Å². The second kappa shape index (κ2) is 7.05. The summed E-state index contributed by atoms with van der Waals surface area (Å²) in [4.78, 5) is 12.6. The molecule has 1 atom stereocenters. The fourth-order valence-corrected chi connectivity index (χ4v) is 2.94. The molecule has 1 saturated heterocycles. The summed E-state index contributed by atoms with van der Waals surface area (Å²) in [5, 5.41) is 6.44. The van der Waals surface area contributed by atoms with E-state index in [1.807, 2.05) is 24.3 Å². The van der Waals surface area contributed by atoms with E-state index in [1.54, 1.807) is 7.11 Å². The molecule has 1 heterocycles. The summed E-state index contributed by atoms with van der Waals surface area (Å²) in [7, 11) is 1.69. The van der Waals surface area contributed by atoms with Gasteiger partial charge in [-0.3, -0.25) is 4.79 Å². The number of anilines is 1. The zero-order valence-corrected chi connectivity index (χ0v) is 13.2. The number of ether oxygens (including phenoxy) is 1. The Kier molecular flexibility index (Phi) is 5.37. The van der Waals surface area contributed by atoms with Gasteiger partial charge >= 0.3 is 0 Å². The molecule has 0 aromatic heterocycles. The maximum absolute atomic E-state index is 12.6. The van der Waals surface area contributed by atoms with Crippen LogP contribution >= 0.6 is 0 Å². The lowest BCUT2D eigenvalue weighted by Crippen LogP contribution is -2.53. The van der Waals surface area contributed by atoms with E-state index in [-0.39, 0.29) is 17.4 Å². The molecule has 1 aromatic rings. The van der Waals surface area contributed by atoms with Crippen molar-refractivity contribution in [3.8, 4) is 0 Å². The van der Waals surface area contributed by atoms with Gasteiger partial charge in [0.1, 0.15) is 0 Å². The van der Waals surface area contributed by atoms with E-state index in [1.165, 1.54) is 0 Å². The van der Waals surface area contributed by atoms with Crippen molar-refractivity contribution in [3.05, 3.63) is 29.8 Å². The highest BCUT2D eigenvalue weighted by Gasteiger charge is 2.37. The van der Waals surface area contributed by atoms with Crippen LogP contribution in [0, 0.1) is 5.41 Å². The van der Waals surface area contributed by atoms with Gasteiger partial charge in [-0.05, 0) is 42.9 Å². The molecule has 0 aliphatic carbocycles. The second-order valence-corrected chi connectivity index (χ2v) is 6.37. The summed E-state index contributed by atoms with van der Waals surface area (Å²) in [6, 6.07) is 7.79. The lowest BCUT2D eigenvalue weighted by Gasteiger charge is -2.38. The fourth-order valence-electron chi connectivity index (χ4n) is 2.94. The van der Waals surface area contributed by atoms with E-state index in [0.717, 1.165) is 37.1 Å². The zero-order chi connectivity index (χ0) is 15.3. The molecule has 1 aliphatic rings. The van der Waals surface area contributed by atoms with Crippen molar-refractivity contribution < 1.29 is 9.53 Å². The first-order valence-electron chi connectivity index (χ1n) is 7.66. The molecule has 2 N–H and O–H groups in total. The van der Waals surface area contributed by atoms with Gasteiger partial charge in [0.05, 0.1) is 12.6 Å². The van der Waals surface area contributed by atoms with Gasteiger partial charge in [0.15, 0.2) is 0 Å². The number of rotatable bonds is 5. The molecule has 4 nitrogen and oxygen atoms in total. The number of hydrogen-bond donors (Lipinski definition) is 2. The minimum absolute atomic E-state index is 0.0101. The van der Waals surface area contributed by atoms with Crippen molar-refractivity contribution in [2.75, 3.05) is 25.6 Å². The van der Waals surface area contributed by atoms with E-state index in [9.17, 15) is 4.79 Å². The third-order valence-corrected chi connectivity index (χ3v) is 4.24. The van der Waals surface area contributed by atoms with Gasteiger partial charge in [-0.15, -0.1) is 0 Å². The number of para-hydroxylation sites is 1. The number of amides is 1. The van der Waals surface area contributed by atoms with Gasteiger partial charge in [0.25, 0.3) is 0 Å². The summed E-state index contributed by atoms with van der Waals surface area (Å²) in [6.07, 6.45) is 3.00. The molecule has 0 spiro atoms. The molecule has 1 aromatic carbocycles. The van der Waals surface area contributed by atoms with Crippen LogP contribution in [0.2, 0.25) is 0 Å². The molecule has 1 fully saturated rings. The number of nitrogens with one attached hydrogen (secondary N) is 2. The Morgan fingerprint density at radius 2 is 2.19 bits per heavy atom. The second-order valence-electron chi connectivity index (χ2n) is 6.37. The lowest BCUT2D eigenvalue weighted by atomic mass is 9.77. The maximum Gasteiger partial charge on any atom is 0.242 e. The highest BCUT2D eigenvalue weighted by atomic mass is 16.5. The Bertz CT molecular complexity index is 485. The number of benzene rings is 1. The first-order valence-corrected chi connectivity index (χ1v) is 7.66. The average molecular weight is 290 g/mol. The van der Waals surface area contributed by atoms with Crippen LogP contribution in [0.4, 0.5) is 5.69 Å². The van der Waals surface area contributed by atoms with Crippen molar-refractivity contribution in [3.63, 3.8) is 0 Å². The van der Waals surface area contributed by atoms with Gasteiger partial charge in [0, 0.05) is 12.8 Å². The average Bonchev–Trinajstić information content (AvgIpc) is 2.45. The molecule has 1 aliphatic heterocycles. The van der Waals surface area contributed by atoms with E-state index in [0.29, 0.717) is 6.61 Å². The van der Waals surface area contributed by atoms with Gasteiger partial charge in [-0.25, -0.2) is 0 Å². The molecule has 1 unspecified atom stereocenters. The molecular formula is C17H26N2O2. The Morgan fingerprint density at radius 1 is 1.43 bits per heavy atom. The molecule has 0 radical (unpaired) electrons. The topological polar surface area (TPSA) is 50.4 Å². The van der Waals surface area contributed by atoms with Crippen LogP contribution in [0.3, 0.4) is 0 Å². The van der Waals surface area contributed by atoms with Crippen molar-refractivity contribution in [1.82, 2.24) is 5.32 Å². The largest absolute Gasteiger partial charge is 0.384 e. The Labute approximate surface area is 127 Å². The van der Waals surface area contributed by atoms with E-state index in [4.69, 9.17) is 4.74 Å². The predicted molar refractivity (Wildman–Crippen MR) is 85.5 cm³/mol. The summed E-state index contributed by atoms with van der Waals surface area (Å²) in [5.74, 6) is 0.0598. The lowest BCUT2D eigenvalue weighted by molar-refractivity contribution is -0.121. The van der Waals surface area contributed by atoms with Crippen molar-refractivity contribution in [2.24, 2.45) is 5.41 Å². The smallest absolute Gasteiger partial charge is 0.242 e. The fraction of sp³-hybridized carbons (Fsp3) is 0.588. The van der Waals surface area contributed by atoms with Gasteiger partial charge < -0.3 is 15.4 Å². The minimum atomic E-state index is -0.137. The first-order chi connectivity index (χ1) is 10.0. The standard InChI is InChI=1S/C17H26N2O2/c1-17(2)10-6-11-18-15(17)16(20)19-14-8-5-4-7-13(14)9-12-21-3/h4-5,7-8,15,18H,6,9-12H2,1-3H3,(H,19,20). The summed E-state index contributed by atoms with van der Waals surface area (Å²) in [6.45, 7) is 5.87. The van der Waals surface area contributed by atoms with Crippen molar-refractivity contribution in [1.29, 1.82) is 0 Å². The molecule has 0 bridgehead atoms. The number of methoxy groups -OCH3 is 1. The Balaban J connectivity index is 2.08. The van der Waals surface area contributed by atoms with E-state index in [2.05, 4.69) is 24.5 Å². The minimum Gasteiger partial charge on any atom is -0.384 e. The van der Waals surface area contributed by atoms with Gasteiger partial charge in [-0.2, -0.15) is 0 Å². The molecule has 21 heavy (non-hydrogen) atoms. The van der Waals surface area contributed by atoms with Crippen LogP contribution in [0.25, 0.3) is 0 Å². The number of carbonyl (C=O) groups is 1. The molecular weight excluding hydrogens is 264 g/mol. The summed E-state index contributed by atoms with van der Waals surface area (Å²) < 4.78 is 5.13. The van der Waals surface area contributed by atoms with Gasteiger partial charge in [-0.1, -0.05) is 32.0 Å². The maximum atomic E-state index is 12.6. The highest BCUT2D eigenvalue weighted by Crippen LogP contribution is 2.31. The van der Waals surface area contributed by atoms with E-state index >= 15 is 0 Å². The highest BCUT2D eigenvalue weighted by molar-refractivity contribution is 5.96. The Morgan fingerprint density at radius 3 is 2.90 bits per heavy atom. The molecule has 116 valence electrons.